The number of rotatable bonds is 2. The lowest BCUT2D eigenvalue weighted by molar-refractivity contribution is 0.0752. The van der Waals surface area contributed by atoms with E-state index in [0.29, 0.717) is 42.0 Å². The Labute approximate surface area is 169 Å². The number of carbonyl (C=O) groups excluding carboxylic acids is 1. The van der Waals surface area contributed by atoms with Crippen molar-refractivity contribution in [1.29, 1.82) is 0 Å². The first-order valence-corrected chi connectivity index (χ1v) is 10.2. The number of hydrogen-bond donors (Lipinski definition) is 0. The van der Waals surface area contributed by atoms with Crippen molar-refractivity contribution in [1.82, 2.24) is 4.90 Å². The average molecular weight is 408 g/mol. The molecule has 29 heavy (non-hydrogen) atoms. The van der Waals surface area contributed by atoms with Crippen molar-refractivity contribution in [3.8, 4) is 0 Å². The van der Waals surface area contributed by atoms with Crippen LogP contribution in [-0.2, 0) is 0 Å². The van der Waals surface area contributed by atoms with Crippen LogP contribution in [0.5, 0.6) is 0 Å². The number of nitrogens with zero attached hydrogens (tertiary/aromatic N) is 2. The number of para-hydroxylation sites is 1. The van der Waals surface area contributed by atoms with Gasteiger partial charge in [0.2, 0.25) is 0 Å². The molecule has 2 aromatic heterocycles. The van der Waals surface area contributed by atoms with E-state index in [1.165, 1.54) is 23.5 Å². The largest absolute Gasteiger partial charge is 0.422 e. The Morgan fingerprint density at radius 2 is 1.69 bits per heavy atom. The quantitative estimate of drug-likeness (QED) is 0.469. The Balaban J connectivity index is 1.39. The van der Waals surface area contributed by atoms with Gasteiger partial charge in [0, 0.05) is 37.3 Å². The summed E-state index contributed by atoms with van der Waals surface area (Å²) in [7, 11) is 0. The number of benzene rings is 2. The van der Waals surface area contributed by atoms with Crippen LogP contribution in [0.15, 0.2) is 63.8 Å². The van der Waals surface area contributed by atoms with Crippen LogP contribution >= 0.6 is 11.3 Å². The van der Waals surface area contributed by atoms with Crippen molar-refractivity contribution in [2.24, 2.45) is 0 Å². The molecule has 0 bridgehead atoms. The summed E-state index contributed by atoms with van der Waals surface area (Å²) < 4.78 is 19.3. The van der Waals surface area contributed by atoms with Crippen LogP contribution in [0.25, 0.3) is 21.1 Å². The molecule has 7 heteroatoms. The topological polar surface area (TPSA) is 53.8 Å². The Morgan fingerprint density at radius 1 is 0.966 bits per heavy atom. The second-order valence-corrected chi connectivity index (χ2v) is 8.05. The average Bonchev–Trinajstić information content (AvgIpc) is 3.21. The van der Waals surface area contributed by atoms with E-state index in [-0.39, 0.29) is 11.7 Å². The monoisotopic (exact) mass is 408 g/mol. The first kappa shape index (κ1) is 17.9. The van der Waals surface area contributed by atoms with Gasteiger partial charge in [-0.15, -0.1) is 11.3 Å². The number of thiophene rings is 1. The Bertz CT molecular complexity index is 1270. The highest BCUT2D eigenvalue weighted by atomic mass is 32.1. The van der Waals surface area contributed by atoms with E-state index in [1.807, 2.05) is 18.2 Å². The summed E-state index contributed by atoms with van der Waals surface area (Å²) in [6.45, 7) is 2.49. The van der Waals surface area contributed by atoms with E-state index < -0.39 is 5.63 Å². The fourth-order valence-corrected chi connectivity index (χ4v) is 4.87. The fourth-order valence-electron chi connectivity index (χ4n) is 3.72. The molecule has 5 rings (SSSR count). The first-order valence-electron chi connectivity index (χ1n) is 9.35. The number of anilines is 1. The molecule has 0 spiro atoms. The van der Waals surface area contributed by atoms with E-state index >= 15 is 0 Å². The molecule has 0 atom stereocenters. The van der Waals surface area contributed by atoms with Crippen LogP contribution in [0.2, 0.25) is 0 Å². The molecule has 1 saturated heterocycles. The van der Waals surface area contributed by atoms with Crippen molar-refractivity contribution in [2.45, 2.75) is 0 Å². The lowest BCUT2D eigenvalue weighted by atomic mass is 10.2. The zero-order valence-corrected chi connectivity index (χ0v) is 16.2. The van der Waals surface area contributed by atoms with Gasteiger partial charge in [-0.25, -0.2) is 9.18 Å². The summed E-state index contributed by atoms with van der Waals surface area (Å²) in [4.78, 5) is 29.8. The van der Waals surface area contributed by atoms with Crippen molar-refractivity contribution < 1.29 is 13.6 Å². The maximum absolute atomic E-state index is 13.1. The van der Waals surface area contributed by atoms with Crippen LogP contribution in [0.3, 0.4) is 0 Å². The van der Waals surface area contributed by atoms with Gasteiger partial charge in [0.25, 0.3) is 5.91 Å². The van der Waals surface area contributed by atoms with Crippen LogP contribution in [0.4, 0.5) is 10.1 Å². The third kappa shape index (κ3) is 3.17. The molecule has 0 saturated carbocycles. The molecule has 0 aliphatic carbocycles. The molecule has 146 valence electrons. The van der Waals surface area contributed by atoms with Gasteiger partial charge in [-0.2, -0.15) is 0 Å². The van der Waals surface area contributed by atoms with Crippen LogP contribution < -0.4 is 10.5 Å². The van der Waals surface area contributed by atoms with Gasteiger partial charge >= 0.3 is 5.63 Å². The summed E-state index contributed by atoms with van der Waals surface area (Å²) >= 11 is 1.33. The van der Waals surface area contributed by atoms with Crippen molar-refractivity contribution in [2.75, 3.05) is 31.1 Å². The summed E-state index contributed by atoms with van der Waals surface area (Å²) in [6.07, 6.45) is 0. The summed E-state index contributed by atoms with van der Waals surface area (Å²) in [5.41, 5.74) is 1.05. The molecule has 2 aromatic carbocycles. The van der Waals surface area contributed by atoms with Crippen molar-refractivity contribution in [3.63, 3.8) is 0 Å². The number of hydrogen-bond acceptors (Lipinski definition) is 5. The molecule has 4 aromatic rings. The van der Waals surface area contributed by atoms with Gasteiger partial charge in [0.05, 0.1) is 15.0 Å². The second kappa shape index (κ2) is 7.00. The highest BCUT2D eigenvalue weighted by Gasteiger charge is 2.24. The number of fused-ring (bicyclic) bond motifs is 3. The number of carbonyl (C=O) groups is 1. The number of halogens is 1. The van der Waals surface area contributed by atoms with Gasteiger partial charge in [-0.05, 0) is 42.5 Å². The highest BCUT2D eigenvalue weighted by Crippen LogP contribution is 2.31. The van der Waals surface area contributed by atoms with Crippen molar-refractivity contribution >= 4 is 44.0 Å². The second-order valence-electron chi connectivity index (χ2n) is 6.99. The summed E-state index contributed by atoms with van der Waals surface area (Å²) in [6, 6.07) is 15.4. The zero-order valence-electron chi connectivity index (χ0n) is 15.4. The number of amides is 1. The highest BCUT2D eigenvalue weighted by molar-refractivity contribution is 7.21. The molecule has 0 radical (unpaired) electrons. The predicted octanol–water partition coefficient (Wildman–Crippen LogP) is 4.11. The van der Waals surface area contributed by atoms with Gasteiger partial charge in [-0.1, -0.05) is 12.1 Å². The Morgan fingerprint density at radius 3 is 2.45 bits per heavy atom. The maximum Gasteiger partial charge on any atom is 0.345 e. The third-order valence-corrected chi connectivity index (χ3v) is 6.41. The summed E-state index contributed by atoms with van der Waals surface area (Å²) in [5.74, 6) is -0.335. The maximum atomic E-state index is 13.1. The zero-order chi connectivity index (χ0) is 20.0. The lowest BCUT2D eigenvalue weighted by Crippen LogP contribution is -2.48. The molecular formula is C22H17FN2O3S. The smallest absolute Gasteiger partial charge is 0.345 e. The molecular weight excluding hydrogens is 391 g/mol. The Kier molecular flexibility index (Phi) is 4.32. The SMILES string of the molecule is O=C(c1cc2c(=O)oc3ccccc3c2s1)N1CCN(c2ccc(F)cc2)CC1. The third-order valence-electron chi connectivity index (χ3n) is 5.26. The minimum atomic E-state index is -0.421. The molecule has 1 aliphatic rings. The molecule has 0 unspecified atom stereocenters. The van der Waals surface area contributed by atoms with Gasteiger partial charge in [-0.3, -0.25) is 4.79 Å². The van der Waals surface area contributed by atoms with Gasteiger partial charge < -0.3 is 14.2 Å². The van der Waals surface area contributed by atoms with Gasteiger partial charge in [0.1, 0.15) is 11.4 Å². The molecule has 1 fully saturated rings. The standard InChI is InChI=1S/C22H17FN2O3S/c23-14-5-7-15(8-6-14)24-9-11-25(12-10-24)21(26)19-13-17-20(29-19)16-3-1-2-4-18(16)28-22(17)27/h1-8,13H,9-12H2. The molecule has 3 heterocycles. The van der Waals surface area contributed by atoms with E-state index in [4.69, 9.17) is 4.42 Å². The first-order chi connectivity index (χ1) is 14.1. The minimum absolute atomic E-state index is 0.0755. The minimum Gasteiger partial charge on any atom is -0.422 e. The summed E-state index contributed by atoms with van der Waals surface area (Å²) in [5, 5.41) is 1.29. The van der Waals surface area contributed by atoms with Gasteiger partial charge in [0.15, 0.2) is 0 Å². The fraction of sp³-hybridized carbons (Fsp3) is 0.182. The molecule has 1 aliphatic heterocycles. The van der Waals surface area contributed by atoms with E-state index in [9.17, 15) is 14.0 Å². The van der Waals surface area contributed by atoms with E-state index in [0.717, 1.165) is 15.8 Å². The predicted molar refractivity (Wildman–Crippen MR) is 112 cm³/mol. The van der Waals surface area contributed by atoms with Crippen molar-refractivity contribution in [3.05, 3.63) is 75.7 Å². The van der Waals surface area contributed by atoms with Crippen LogP contribution in [-0.4, -0.2) is 37.0 Å². The van der Waals surface area contributed by atoms with Crippen LogP contribution in [0.1, 0.15) is 9.67 Å². The van der Waals surface area contributed by atoms with Crippen LogP contribution in [0, 0.1) is 5.82 Å². The molecule has 5 nitrogen and oxygen atoms in total. The Hall–Kier alpha value is -3.19. The lowest BCUT2D eigenvalue weighted by Gasteiger charge is -2.36. The normalized spacial score (nSPS) is 14.7. The molecule has 0 N–H and O–H groups in total. The van der Waals surface area contributed by atoms with E-state index in [1.54, 1.807) is 29.2 Å². The number of piperazine rings is 1. The molecule has 1 amide bonds. The van der Waals surface area contributed by atoms with E-state index in [2.05, 4.69) is 4.90 Å².